The second kappa shape index (κ2) is 8.70. The minimum absolute atomic E-state index is 0.0404. The molecule has 1 amide bonds. The van der Waals surface area contributed by atoms with Crippen LogP contribution in [0, 0.1) is 0 Å². The van der Waals surface area contributed by atoms with E-state index in [1.54, 1.807) is 17.8 Å². The number of nitrogens with zero attached hydrogens (tertiary/aromatic N) is 2. The molecular formula is C20H25N3O4. The lowest BCUT2D eigenvalue weighted by Gasteiger charge is -2.24. The molecule has 1 aliphatic rings. The van der Waals surface area contributed by atoms with Gasteiger partial charge in [0, 0.05) is 6.04 Å². The summed E-state index contributed by atoms with van der Waals surface area (Å²) in [5, 5.41) is 7.23. The van der Waals surface area contributed by atoms with E-state index in [1.807, 2.05) is 30.3 Å². The number of para-hydroxylation sites is 1. The average molecular weight is 371 g/mol. The monoisotopic (exact) mass is 371 g/mol. The summed E-state index contributed by atoms with van der Waals surface area (Å²) >= 11 is 0. The summed E-state index contributed by atoms with van der Waals surface area (Å²) in [7, 11) is 1.46. The van der Waals surface area contributed by atoms with Gasteiger partial charge >= 0.3 is 5.97 Å². The van der Waals surface area contributed by atoms with Gasteiger partial charge in [-0.25, -0.2) is 9.48 Å². The van der Waals surface area contributed by atoms with E-state index in [0.717, 1.165) is 31.4 Å². The van der Waals surface area contributed by atoms with Crippen LogP contribution in [-0.4, -0.2) is 40.9 Å². The Bertz CT molecular complexity index is 782. The van der Waals surface area contributed by atoms with Crippen LogP contribution >= 0.6 is 0 Å². The highest BCUT2D eigenvalue weighted by molar-refractivity contribution is 5.93. The standard InChI is InChI=1S/C20H25N3O4/c1-14(19(24)21-15-9-5-3-6-10-15)27-20(25)18-17(26-2)13-23(22-18)16-11-7-4-8-12-16/h4,7-8,11-15H,3,5-6,9-10H2,1-2H3,(H,21,24). The van der Waals surface area contributed by atoms with Gasteiger partial charge in [0.2, 0.25) is 5.69 Å². The first-order chi connectivity index (χ1) is 13.1. The highest BCUT2D eigenvalue weighted by Gasteiger charge is 2.26. The van der Waals surface area contributed by atoms with Crippen molar-refractivity contribution in [2.75, 3.05) is 7.11 Å². The van der Waals surface area contributed by atoms with Crippen LogP contribution in [0.2, 0.25) is 0 Å². The van der Waals surface area contributed by atoms with Crippen molar-refractivity contribution in [3.05, 3.63) is 42.2 Å². The topological polar surface area (TPSA) is 82.5 Å². The maximum Gasteiger partial charge on any atom is 0.363 e. The van der Waals surface area contributed by atoms with E-state index in [4.69, 9.17) is 9.47 Å². The lowest BCUT2D eigenvalue weighted by molar-refractivity contribution is -0.130. The molecule has 0 aliphatic heterocycles. The molecule has 1 aromatic heterocycles. The van der Waals surface area contributed by atoms with E-state index in [9.17, 15) is 9.59 Å². The van der Waals surface area contributed by atoms with Gasteiger partial charge in [0.15, 0.2) is 11.9 Å². The summed E-state index contributed by atoms with van der Waals surface area (Å²) in [4.78, 5) is 24.8. The molecule has 1 aliphatic carbocycles. The predicted octanol–water partition coefficient (Wildman–Crippen LogP) is 2.88. The van der Waals surface area contributed by atoms with Crippen LogP contribution < -0.4 is 10.1 Å². The molecule has 144 valence electrons. The van der Waals surface area contributed by atoms with E-state index in [0.29, 0.717) is 5.75 Å². The Balaban J connectivity index is 1.66. The molecule has 7 nitrogen and oxygen atoms in total. The second-order valence-corrected chi connectivity index (χ2v) is 6.72. The van der Waals surface area contributed by atoms with Gasteiger partial charge in [-0.3, -0.25) is 4.79 Å². The van der Waals surface area contributed by atoms with Gasteiger partial charge < -0.3 is 14.8 Å². The van der Waals surface area contributed by atoms with E-state index in [1.165, 1.54) is 13.5 Å². The fraction of sp³-hybridized carbons (Fsp3) is 0.450. The van der Waals surface area contributed by atoms with Gasteiger partial charge in [0.05, 0.1) is 19.0 Å². The van der Waals surface area contributed by atoms with Crippen molar-refractivity contribution in [3.8, 4) is 11.4 Å². The van der Waals surface area contributed by atoms with Gasteiger partial charge in [-0.05, 0) is 31.9 Å². The normalized spacial score (nSPS) is 15.8. The molecule has 1 unspecified atom stereocenters. The molecular weight excluding hydrogens is 346 g/mol. The number of carbonyl (C=O) groups is 2. The molecule has 0 spiro atoms. The molecule has 0 saturated heterocycles. The van der Waals surface area contributed by atoms with Gasteiger partial charge in [-0.2, -0.15) is 5.10 Å². The van der Waals surface area contributed by atoms with Crippen LogP contribution in [0.5, 0.6) is 5.75 Å². The molecule has 2 aromatic rings. The lowest BCUT2D eigenvalue weighted by atomic mass is 9.95. The number of hydrogen-bond donors (Lipinski definition) is 1. The number of aromatic nitrogens is 2. The number of amides is 1. The molecule has 3 rings (SSSR count). The molecule has 27 heavy (non-hydrogen) atoms. The number of methoxy groups -OCH3 is 1. The minimum atomic E-state index is -0.897. The van der Waals surface area contributed by atoms with Crippen LogP contribution in [0.15, 0.2) is 36.5 Å². The molecule has 0 bridgehead atoms. The summed E-state index contributed by atoms with van der Waals surface area (Å²) in [6.45, 7) is 1.57. The smallest absolute Gasteiger partial charge is 0.363 e. The van der Waals surface area contributed by atoms with E-state index in [-0.39, 0.29) is 17.6 Å². The van der Waals surface area contributed by atoms with Crippen LogP contribution in [0.3, 0.4) is 0 Å². The molecule has 1 fully saturated rings. The fourth-order valence-corrected chi connectivity index (χ4v) is 3.20. The molecule has 1 heterocycles. The summed E-state index contributed by atoms with van der Waals surface area (Å²) in [6.07, 6.45) is 6.11. The average Bonchev–Trinajstić information content (AvgIpc) is 3.14. The number of benzene rings is 1. The van der Waals surface area contributed by atoms with Crippen molar-refractivity contribution in [1.82, 2.24) is 15.1 Å². The maximum absolute atomic E-state index is 12.5. The van der Waals surface area contributed by atoms with E-state index in [2.05, 4.69) is 10.4 Å². The third-order valence-electron chi connectivity index (χ3n) is 4.72. The van der Waals surface area contributed by atoms with Gasteiger partial charge in [-0.15, -0.1) is 0 Å². The van der Waals surface area contributed by atoms with Crippen LogP contribution in [-0.2, 0) is 9.53 Å². The van der Waals surface area contributed by atoms with E-state index < -0.39 is 12.1 Å². The first-order valence-corrected chi connectivity index (χ1v) is 9.29. The van der Waals surface area contributed by atoms with Gasteiger partial charge in [0.25, 0.3) is 5.91 Å². The summed E-state index contributed by atoms with van der Waals surface area (Å²) < 4.78 is 12.1. The van der Waals surface area contributed by atoms with Crippen molar-refractivity contribution in [3.63, 3.8) is 0 Å². The Kier molecular flexibility index (Phi) is 6.11. The highest BCUT2D eigenvalue weighted by Crippen LogP contribution is 2.21. The third-order valence-corrected chi connectivity index (χ3v) is 4.72. The first-order valence-electron chi connectivity index (χ1n) is 9.29. The zero-order chi connectivity index (χ0) is 19.2. The van der Waals surface area contributed by atoms with Crippen LogP contribution in [0.1, 0.15) is 49.5 Å². The molecule has 7 heteroatoms. The lowest BCUT2D eigenvalue weighted by Crippen LogP contribution is -2.42. The number of hydrogen-bond acceptors (Lipinski definition) is 5. The largest absolute Gasteiger partial charge is 0.493 e. The molecule has 1 saturated carbocycles. The zero-order valence-corrected chi connectivity index (χ0v) is 15.7. The van der Waals surface area contributed by atoms with E-state index >= 15 is 0 Å². The van der Waals surface area contributed by atoms with Crippen molar-refractivity contribution < 1.29 is 19.1 Å². The van der Waals surface area contributed by atoms with Crippen molar-refractivity contribution >= 4 is 11.9 Å². The summed E-state index contributed by atoms with van der Waals surface area (Å²) in [5.41, 5.74) is 0.830. The van der Waals surface area contributed by atoms with Crippen molar-refractivity contribution in [2.24, 2.45) is 0 Å². The second-order valence-electron chi connectivity index (χ2n) is 6.72. The Morgan fingerprint density at radius 1 is 1.19 bits per heavy atom. The number of carbonyl (C=O) groups excluding carboxylic acids is 2. The summed E-state index contributed by atoms with van der Waals surface area (Å²) in [5.74, 6) is -0.673. The number of esters is 1. The van der Waals surface area contributed by atoms with Crippen molar-refractivity contribution in [1.29, 1.82) is 0 Å². The first kappa shape index (κ1) is 18.9. The zero-order valence-electron chi connectivity index (χ0n) is 15.7. The molecule has 1 N–H and O–H groups in total. The Hall–Kier alpha value is -2.83. The third kappa shape index (κ3) is 4.67. The molecule has 1 atom stereocenters. The fourth-order valence-electron chi connectivity index (χ4n) is 3.20. The molecule has 1 aromatic carbocycles. The van der Waals surface area contributed by atoms with Crippen molar-refractivity contribution in [2.45, 2.75) is 51.2 Å². The highest BCUT2D eigenvalue weighted by atomic mass is 16.6. The summed E-state index contributed by atoms with van der Waals surface area (Å²) in [6, 6.07) is 9.53. The number of ether oxygens (including phenoxy) is 2. The number of nitrogens with one attached hydrogen (secondary N) is 1. The quantitative estimate of drug-likeness (QED) is 0.790. The number of rotatable bonds is 6. The Morgan fingerprint density at radius 3 is 2.56 bits per heavy atom. The minimum Gasteiger partial charge on any atom is -0.493 e. The van der Waals surface area contributed by atoms with Gasteiger partial charge in [-0.1, -0.05) is 37.5 Å². The Labute approximate surface area is 158 Å². The SMILES string of the molecule is COc1cn(-c2ccccc2)nc1C(=O)OC(C)C(=O)NC1CCCCC1. The Morgan fingerprint density at radius 2 is 1.89 bits per heavy atom. The predicted molar refractivity (Wildman–Crippen MR) is 100 cm³/mol. The van der Waals surface area contributed by atoms with Gasteiger partial charge in [0.1, 0.15) is 0 Å². The maximum atomic E-state index is 12.5. The van der Waals surface area contributed by atoms with Crippen LogP contribution in [0.4, 0.5) is 0 Å². The van der Waals surface area contributed by atoms with Crippen LogP contribution in [0.25, 0.3) is 5.69 Å². The molecule has 0 radical (unpaired) electrons.